The van der Waals surface area contributed by atoms with Crippen molar-refractivity contribution < 1.29 is 12.8 Å². The van der Waals surface area contributed by atoms with Gasteiger partial charge in [0.25, 0.3) is 0 Å². The van der Waals surface area contributed by atoms with E-state index in [-0.39, 0.29) is 13.1 Å². The Hall–Kier alpha value is -0.920. The van der Waals surface area contributed by atoms with Crippen molar-refractivity contribution in [1.29, 1.82) is 0 Å². The highest BCUT2D eigenvalue weighted by Crippen LogP contribution is 2.08. The summed E-state index contributed by atoms with van der Waals surface area (Å²) in [4.78, 5) is 4.07. The molecule has 6 nitrogen and oxygen atoms in total. The van der Waals surface area contributed by atoms with Gasteiger partial charge in [-0.15, -0.1) is 0 Å². The van der Waals surface area contributed by atoms with Gasteiger partial charge in [-0.2, -0.15) is 0 Å². The monoisotopic (exact) mass is 247 g/mol. The molecule has 0 bridgehead atoms. The quantitative estimate of drug-likeness (QED) is 0.766. The normalized spacial score (nSPS) is 14.0. The summed E-state index contributed by atoms with van der Waals surface area (Å²) in [6.45, 7) is 5.27. The van der Waals surface area contributed by atoms with Gasteiger partial charge >= 0.3 is 0 Å². The molecule has 0 aliphatic heterocycles. The second-order valence-electron chi connectivity index (χ2n) is 3.66. The lowest BCUT2D eigenvalue weighted by molar-refractivity contribution is 0.462. The van der Waals surface area contributed by atoms with Crippen LogP contribution in [0, 0.1) is 13.8 Å². The van der Waals surface area contributed by atoms with Crippen molar-refractivity contribution in [3.05, 3.63) is 17.3 Å². The van der Waals surface area contributed by atoms with E-state index < -0.39 is 15.3 Å². The van der Waals surface area contributed by atoms with E-state index in [2.05, 4.69) is 9.71 Å². The van der Waals surface area contributed by atoms with E-state index in [9.17, 15) is 8.42 Å². The van der Waals surface area contributed by atoms with Gasteiger partial charge in [-0.25, -0.2) is 18.1 Å². The van der Waals surface area contributed by atoms with Crippen molar-refractivity contribution in [1.82, 2.24) is 9.71 Å². The minimum atomic E-state index is -3.39. The van der Waals surface area contributed by atoms with Crippen LogP contribution in [0.4, 0.5) is 0 Å². The first-order valence-electron chi connectivity index (χ1n) is 4.98. The molecule has 7 heteroatoms. The minimum absolute atomic E-state index is 0.0569. The van der Waals surface area contributed by atoms with E-state index in [1.54, 1.807) is 20.8 Å². The zero-order valence-corrected chi connectivity index (χ0v) is 10.5. The number of aryl methyl sites for hydroxylation is 2. The molecule has 0 aliphatic rings. The highest BCUT2D eigenvalue weighted by molar-refractivity contribution is 7.90. The maximum atomic E-state index is 11.6. The summed E-state index contributed by atoms with van der Waals surface area (Å²) < 4.78 is 30.8. The Bertz CT molecular complexity index is 433. The molecular weight excluding hydrogens is 230 g/mol. The van der Waals surface area contributed by atoms with Crippen LogP contribution in [0.2, 0.25) is 0 Å². The molecule has 1 heterocycles. The second kappa shape index (κ2) is 4.94. The topological polar surface area (TPSA) is 98.2 Å². The molecule has 1 atom stereocenters. The Kier molecular flexibility index (Phi) is 4.06. The zero-order chi connectivity index (χ0) is 12.3. The maximum Gasteiger partial charge on any atom is 0.215 e. The summed E-state index contributed by atoms with van der Waals surface area (Å²) in [7, 11) is -3.39. The predicted octanol–water partition coefficient (Wildman–Crippen LogP) is 0.0580. The van der Waals surface area contributed by atoms with E-state index >= 15 is 0 Å². The molecule has 1 aromatic rings. The number of sulfonamides is 1. The molecule has 0 amide bonds. The SMILES string of the molecule is Cc1nc(CNS(=O)(=O)C(C)CN)oc1C. The van der Waals surface area contributed by atoms with Crippen LogP contribution in [0.3, 0.4) is 0 Å². The molecule has 1 unspecified atom stereocenters. The van der Waals surface area contributed by atoms with Crippen LogP contribution in [0.25, 0.3) is 0 Å². The molecule has 0 saturated heterocycles. The Labute approximate surface area is 95.3 Å². The lowest BCUT2D eigenvalue weighted by atomic mass is 10.4. The number of nitrogens with zero attached hydrogens (tertiary/aromatic N) is 1. The van der Waals surface area contributed by atoms with Gasteiger partial charge in [0.15, 0.2) is 0 Å². The Morgan fingerprint density at radius 2 is 2.12 bits per heavy atom. The number of rotatable bonds is 5. The Morgan fingerprint density at radius 1 is 1.50 bits per heavy atom. The molecule has 0 aliphatic carbocycles. The van der Waals surface area contributed by atoms with Gasteiger partial charge in [-0.05, 0) is 20.8 Å². The highest BCUT2D eigenvalue weighted by Gasteiger charge is 2.19. The fraction of sp³-hybridized carbons (Fsp3) is 0.667. The van der Waals surface area contributed by atoms with Crippen molar-refractivity contribution in [3.8, 4) is 0 Å². The predicted molar refractivity (Wildman–Crippen MR) is 60.3 cm³/mol. The summed E-state index contributed by atoms with van der Waals surface area (Å²) in [5.41, 5.74) is 6.06. The van der Waals surface area contributed by atoms with Crippen LogP contribution in [0.1, 0.15) is 24.3 Å². The summed E-state index contributed by atoms with van der Waals surface area (Å²) in [5, 5.41) is -0.621. The lowest BCUT2D eigenvalue weighted by Gasteiger charge is -2.10. The van der Waals surface area contributed by atoms with Gasteiger partial charge in [0, 0.05) is 6.54 Å². The smallest absolute Gasteiger partial charge is 0.215 e. The lowest BCUT2D eigenvalue weighted by Crippen LogP contribution is -2.36. The fourth-order valence-electron chi connectivity index (χ4n) is 1.05. The second-order valence-corrected chi connectivity index (χ2v) is 5.85. The first kappa shape index (κ1) is 13.1. The van der Waals surface area contributed by atoms with Crippen LogP contribution in [0.15, 0.2) is 4.42 Å². The van der Waals surface area contributed by atoms with E-state index in [4.69, 9.17) is 10.2 Å². The van der Waals surface area contributed by atoms with Crippen LogP contribution in [-0.4, -0.2) is 25.2 Å². The summed E-state index contributed by atoms with van der Waals surface area (Å²) in [5.74, 6) is 1.06. The Balaban J connectivity index is 2.65. The van der Waals surface area contributed by atoms with Crippen LogP contribution < -0.4 is 10.5 Å². The van der Waals surface area contributed by atoms with E-state index in [0.717, 1.165) is 5.69 Å². The standard InChI is InChI=1S/C9H17N3O3S/c1-6(4-10)16(13,14)11-5-9-12-7(2)8(3)15-9/h6,11H,4-5,10H2,1-3H3. The number of hydrogen-bond donors (Lipinski definition) is 2. The molecule has 0 aromatic carbocycles. The molecule has 92 valence electrons. The van der Waals surface area contributed by atoms with E-state index in [0.29, 0.717) is 11.7 Å². The van der Waals surface area contributed by atoms with Crippen molar-refractivity contribution in [2.24, 2.45) is 5.73 Å². The van der Waals surface area contributed by atoms with Gasteiger partial charge in [-0.1, -0.05) is 0 Å². The molecule has 0 saturated carbocycles. The average molecular weight is 247 g/mol. The number of hydrogen-bond acceptors (Lipinski definition) is 5. The highest BCUT2D eigenvalue weighted by atomic mass is 32.2. The molecule has 0 spiro atoms. The van der Waals surface area contributed by atoms with E-state index in [1.165, 1.54) is 0 Å². The molecular formula is C9H17N3O3S. The Morgan fingerprint density at radius 3 is 2.56 bits per heavy atom. The fourth-order valence-corrected chi connectivity index (χ4v) is 1.91. The molecule has 1 aromatic heterocycles. The van der Waals surface area contributed by atoms with Crippen LogP contribution >= 0.6 is 0 Å². The van der Waals surface area contributed by atoms with Gasteiger partial charge < -0.3 is 10.2 Å². The average Bonchev–Trinajstić information content (AvgIpc) is 2.54. The minimum Gasteiger partial charge on any atom is -0.444 e. The third-order valence-electron chi connectivity index (χ3n) is 2.36. The largest absolute Gasteiger partial charge is 0.444 e. The third-order valence-corrected chi connectivity index (χ3v) is 4.16. The summed E-state index contributed by atoms with van der Waals surface area (Å²) >= 11 is 0. The first-order valence-corrected chi connectivity index (χ1v) is 6.53. The number of nitrogens with two attached hydrogens (primary N) is 1. The van der Waals surface area contributed by atoms with Gasteiger partial charge in [0.2, 0.25) is 15.9 Å². The van der Waals surface area contributed by atoms with Crippen molar-refractivity contribution >= 4 is 10.0 Å². The van der Waals surface area contributed by atoms with Gasteiger partial charge in [0.1, 0.15) is 5.76 Å². The first-order chi connectivity index (χ1) is 7.36. The summed E-state index contributed by atoms with van der Waals surface area (Å²) in [6.07, 6.45) is 0. The number of oxazole rings is 1. The van der Waals surface area contributed by atoms with Gasteiger partial charge in [0.05, 0.1) is 17.5 Å². The zero-order valence-electron chi connectivity index (χ0n) is 9.65. The molecule has 1 rings (SSSR count). The molecule has 16 heavy (non-hydrogen) atoms. The van der Waals surface area contributed by atoms with Crippen LogP contribution in [-0.2, 0) is 16.6 Å². The molecule has 0 radical (unpaired) electrons. The van der Waals surface area contributed by atoms with E-state index in [1.807, 2.05) is 0 Å². The number of nitrogens with one attached hydrogen (secondary N) is 1. The third kappa shape index (κ3) is 3.03. The van der Waals surface area contributed by atoms with Crippen molar-refractivity contribution in [2.75, 3.05) is 6.54 Å². The van der Waals surface area contributed by atoms with Crippen molar-refractivity contribution in [3.63, 3.8) is 0 Å². The number of aromatic nitrogens is 1. The molecule has 0 fully saturated rings. The van der Waals surface area contributed by atoms with Crippen molar-refractivity contribution in [2.45, 2.75) is 32.6 Å². The molecule has 3 N–H and O–H groups in total. The summed E-state index contributed by atoms with van der Waals surface area (Å²) in [6, 6.07) is 0. The maximum absolute atomic E-state index is 11.6. The van der Waals surface area contributed by atoms with Crippen LogP contribution in [0.5, 0.6) is 0 Å². The van der Waals surface area contributed by atoms with Gasteiger partial charge in [-0.3, -0.25) is 0 Å².